The van der Waals surface area contributed by atoms with E-state index >= 15 is 0 Å². The molecule has 0 saturated heterocycles. The van der Waals surface area contributed by atoms with Crippen molar-refractivity contribution in [1.82, 2.24) is 0 Å². The molecule has 76 valence electrons. The van der Waals surface area contributed by atoms with Gasteiger partial charge in [-0.2, -0.15) is 13.2 Å². The Hall–Kier alpha value is -0.275. The Morgan fingerprint density at radius 1 is 1.21 bits per heavy atom. The SMILES string of the molecule is OB(O)c1ccc(I)cc1C(F)(F)F. The van der Waals surface area contributed by atoms with E-state index in [1.165, 1.54) is 6.07 Å². The first-order valence-electron chi connectivity index (χ1n) is 3.55. The molecule has 0 aliphatic carbocycles. The summed E-state index contributed by atoms with van der Waals surface area (Å²) < 4.78 is 37.5. The fraction of sp³-hybridized carbons (Fsp3) is 0.143. The van der Waals surface area contributed by atoms with Crippen LogP contribution >= 0.6 is 22.6 Å². The van der Waals surface area contributed by atoms with E-state index in [2.05, 4.69) is 0 Å². The van der Waals surface area contributed by atoms with E-state index in [4.69, 9.17) is 10.0 Å². The van der Waals surface area contributed by atoms with Crippen LogP contribution in [-0.2, 0) is 6.18 Å². The van der Waals surface area contributed by atoms with Crippen LogP contribution in [0, 0.1) is 3.57 Å². The zero-order chi connectivity index (χ0) is 10.9. The standard InChI is InChI=1S/C7H5BF3IO2/c9-7(10,11)5-3-4(12)1-2-6(5)8(13)14/h1-3,13-14H. The van der Waals surface area contributed by atoms with Gasteiger partial charge in [-0.3, -0.25) is 0 Å². The Morgan fingerprint density at radius 2 is 1.79 bits per heavy atom. The van der Waals surface area contributed by atoms with Crippen LogP contribution in [0.4, 0.5) is 13.2 Å². The highest BCUT2D eigenvalue weighted by atomic mass is 127. The van der Waals surface area contributed by atoms with E-state index in [9.17, 15) is 13.2 Å². The highest BCUT2D eigenvalue weighted by molar-refractivity contribution is 14.1. The number of hydrogen-bond donors (Lipinski definition) is 2. The minimum Gasteiger partial charge on any atom is -0.423 e. The molecule has 7 heteroatoms. The van der Waals surface area contributed by atoms with Crippen LogP contribution in [0.1, 0.15) is 5.56 Å². The van der Waals surface area contributed by atoms with Crippen molar-refractivity contribution in [2.24, 2.45) is 0 Å². The Bertz CT molecular complexity index is 340. The maximum absolute atomic E-state index is 12.4. The van der Waals surface area contributed by atoms with Crippen molar-refractivity contribution in [1.29, 1.82) is 0 Å². The van der Waals surface area contributed by atoms with E-state index in [0.29, 0.717) is 3.57 Å². The largest absolute Gasteiger partial charge is 0.489 e. The molecule has 0 aliphatic rings. The van der Waals surface area contributed by atoms with Gasteiger partial charge in [-0.25, -0.2) is 0 Å². The number of rotatable bonds is 1. The van der Waals surface area contributed by atoms with Gasteiger partial charge in [0, 0.05) is 3.57 Å². The molecule has 2 N–H and O–H groups in total. The second-order valence-electron chi connectivity index (χ2n) is 2.60. The maximum Gasteiger partial charge on any atom is 0.489 e. The lowest BCUT2D eigenvalue weighted by atomic mass is 9.77. The molecule has 2 nitrogen and oxygen atoms in total. The molecule has 1 aromatic carbocycles. The van der Waals surface area contributed by atoms with Crippen LogP contribution in [0.15, 0.2) is 18.2 Å². The highest BCUT2D eigenvalue weighted by Crippen LogP contribution is 2.28. The zero-order valence-electron chi connectivity index (χ0n) is 6.72. The normalized spacial score (nSPS) is 11.6. The lowest BCUT2D eigenvalue weighted by Gasteiger charge is -2.12. The fourth-order valence-electron chi connectivity index (χ4n) is 0.999. The van der Waals surface area contributed by atoms with Crippen LogP contribution in [0.5, 0.6) is 0 Å². The summed E-state index contributed by atoms with van der Waals surface area (Å²) in [4.78, 5) is 0. The van der Waals surface area contributed by atoms with Crippen LogP contribution in [0.25, 0.3) is 0 Å². The van der Waals surface area contributed by atoms with Gasteiger partial charge in [0.15, 0.2) is 0 Å². The van der Waals surface area contributed by atoms with Crippen LogP contribution in [0.2, 0.25) is 0 Å². The molecule has 0 amide bonds. The average Bonchev–Trinajstić information content (AvgIpc) is 2.01. The molecule has 14 heavy (non-hydrogen) atoms. The first-order chi connectivity index (χ1) is 6.32. The molecule has 0 fully saturated rings. The summed E-state index contributed by atoms with van der Waals surface area (Å²) in [6, 6.07) is 3.30. The van der Waals surface area contributed by atoms with Crippen molar-refractivity contribution >= 4 is 35.2 Å². The smallest absolute Gasteiger partial charge is 0.423 e. The molecule has 1 rings (SSSR count). The Kier molecular flexibility index (Phi) is 3.43. The van der Waals surface area contributed by atoms with Gasteiger partial charge in [-0.1, -0.05) is 6.07 Å². The minimum absolute atomic E-state index is 0.388. The first kappa shape index (κ1) is 11.8. The molecule has 0 atom stereocenters. The first-order valence-corrected chi connectivity index (χ1v) is 4.63. The molecule has 0 heterocycles. The van der Waals surface area contributed by atoms with E-state index in [-0.39, 0.29) is 0 Å². The predicted molar refractivity (Wildman–Crippen MR) is 54.0 cm³/mol. The summed E-state index contributed by atoms with van der Waals surface area (Å²) in [5.74, 6) is 0. The molecule has 0 spiro atoms. The second kappa shape index (κ2) is 4.07. The molecule has 0 aliphatic heterocycles. The fourth-order valence-corrected chi connectivity index (χ4v) is 1.49. The van der Waals surface area contributed by atoms with Crippen molar-refractivity contribution in [3.05, 3.63) is 27.3 Å². The monoisotopic (exact) mass is 316 g/mol. The van der Waals surface area contributed by atoms with E-state index < -0.39 is 24.3 Å². The van der Waals surface area contributed by atoms with E-state index in [1.54, 1.807) is 22.6 Å². The lowest BCUT2D eigenvalue weighted by molar-refractivity contribution is -0.136. The quantitative estimate of drug-likeness (QED) is 0.599. The van der Waals surface area contributed by atoms with Crippen LogP contribution in [-0.4, -0.2) is 17.2 Å². The number of alkyl halides is 3. The summed E-state index contributed by atoms with van der Waals surface area (Å²) in [5.41, 5.74) is -1.54. The molecular weight excluding hydrogens is 311 g/mol. The van der Waals surface area contributed by atoms with Crippen LogP contribution < -0.4 is 5.46 Å². The molecule has 0 aromatic heterocycles. The van der Waals surface area contributed by atoms with E-state index in [1.807, 2.05) is 0 Å². The van der Waals surface area contributed by atoms with Gasteiger partial charge in [-0.15, -0.1) is 0 Å². The van der Waals surface area contributed by atoms with Crippen molar-refractivity contribution in [3.63, 3.8) is 0 Å². The third-order valence-electron chi connectivity index (χ3n) is 1.60. The average molecular weight is 316 g/mol. The summed E-state index contributed by atoms with van der Waals surface area (Å²) in [7, 11) is -2.11. The van der Waals surface area contributed by atoms with Gasteiger partial charge >= 0.3 is 13.3 Å². The number of benzene rings is 1. The summed E-state index contributed by atoms with van der Waals surface area (Å²) in [6.07, 6.45) is -4.57. The Balaban J connectivity index is 3.30. The number of hydrogen-bond acceptors (Lipinski definition) is 2. The van der Waals surface area contributed by atoms with Gasteiger partial charge in [-0.05, 0) is 40.2 Å². The van der Waals surface area contributed by atoms with Gasteiger partial charge in [0.2, 0.25) is 0 Å². The van der Waals surface area contributed by atoms with Gasteiger partial charge in [0.05, 0.1) is 5.56 Å². The zero-order valence-corrected chi connectivity index (χ0v) is 8.87. The molecular formula is C7H5BF3IO2. The summed E-state index contributed by atoms with van der Waals surface area (Å²) in [6.45, 7) is 0. The molecule has 0 saturated carbocycles. The highest BCUT2D eigenvalue weighted by Gasteiger charge is 2.36. The predicted octanol–water partition coefficient (Wildman–Crippen LogP) is 0.990. The third-order valence-corrected chi connectivity index (χ3v) is 2.27. The molecule has 0 bridgehead atoms. The second-order valence-corrected chi connectivity index (χ2v) is 3.85. The van der Waals surface area contributed by atoms with Crippen molar-refractivity contribution in [2.75, 3.05) is 0 Å². The molecule has 1 aromatic rings. The Labute approximate surface area is 92.0 Å². The maximum atomic E-state index is 12.4. The topological polar surface area (TPSA) is 40.5 Å². The van der Waals surface area contributed by atoms with Crippen LogP contribution in [0.3, 0.4) is 0 Å². The molecule has 0 radical (unpaired) electrons. The van der Waals surface area contributed by atoms with Crippen molar-refractivity contribution in [3.8, 4) is 0 Å². The Morgan fingerprint density at radius 3 is 2.21 bits per heavy atom. The van der Waals surface area contributed by atoms with Gasteiger partial charge in [0.25, 0.3) is 0 Å². The van der Waals surface area contributed by atoms with E-state index in [0.717, 1.165) is 12.1 Å². The lowest BCUT2D eigenvalue weighted by Crippen LogP contribution is -2.36. The minimum atomic E-state index is -4.57. The van der Waals surface area contributed by atoms with Gasteiger partial charge < -0.3 is 10.0 Å². The summed E-state index contributed by atoms with van der Waals surface area (Å²) >= 11 is 1.72. The number of halogens is 4. The van der Waals surface area contributed by atoms with Crippen molar-refractivity contribution in [2.45, 2.75) is 6.18 Å². The third kappa shape index (κ3) is 2.61. The van der Waals surface area contributed by atoms with Gasteiger partial charge in [0.1, 0.15) is 0 Å². The summed E-state index contributed by atoms with van der Waals surface area (Å²) in [5, 5.41) is 17.4. The molecule has 0 unspecified atom stereocenters. The van der Waals surface area contributed by atoms with Crippen molar-refractivity contribution < 1.29 is 23.2 Å².